The van der Waals surface area contributed by atoms with E-state index in [0.29, 0.717) is 6.04 Å². The summed E-state index contributed by atoms with van der Waals surface area (Å²) >= 11 is 0. The first kappa shape index (κ1) is 12.9. The van der Waals surface area contributed by atoms with Crippen molar-refractivity contribution >= 4 is 11.0 Å². The van der Waals surface area contributed by atoms with Gasteiger partial charge >= 0.3 is 0 Å². The molecule has 0 bridgehead atoms. The Hall–Kier alpha value is -2.10. The molecule has 0 aliphatic rings. The van der Waals surface area contributed by atoms with Crippen LogP contribution in [0.2, 0.25) is 0 Å². The summed E-state index contributed by atoms with van der Waals surface area (Å²) in [4.78, 5) is 9.01. The second-order valence-electron chi connectivity index (χ2n) is 5.34. The molecule has 1 aromatic carbocycles. The monoisotopic (exact) mass is 268 g/mol. The van der Waals surface area contributed by atoms with Crippen LogP contribution >= 0.6 is 0 Å². The molecule has 0 saturated carbocycles. The molecule has 2 aromatic heterocycles. The maximum Gasteiger partial charge on any atom is 0.109 e. The zero-order valence-electron chi connectivity index (χ0n) is 12.2. The van der Waals surface area contributed by atoms with E-state index in [-0.39, 0.29) is 0 Å². The highest BCUT2D eigenvalue weighted by molar-refractivity contribution is 5.76. The van der Waals surface area contributed by atoms with Crippen LogP contribution < -0.4 is 0 Å². The molecule has 0 aliphatic heterocycles. The molecule has 20 heavy (non-hydrogen) atoms. The minimum atomic E-state index is 0.423. The Morgan fingerprint density at radius 3 is 2.75 bits per heavy atom. The minimum absolute atomic E-state index is 0.423. The van der Waals surface area contributed by atoms with Crippen molar-refractivity contribution in [1.82, 2.24) is 19.1 Å². The van der Waals surface area contributed by atoms with Gasteiger partial charge in [0, 0.05) is 18.7 Å². The van der Waals surface area contributed by atoms with E-state index in [1.807, 2.05) is 18.6 Å². The molecule has 0 radical (unpaired) electrons. The van der Waals surface area contributed by atoms with E-state index >= 15 is 0 Å². The summed E-state index contributed by atoms with van der Waals surface area (Å²) in [5, 5.41) is 0. The Bertz CT molecular complexity index is 721. The number of aryl methyl sites for hydroxylation is 1. The van der Waals surface area contributed by atoms with Crippen LogP contribution in [-0.2, 0) is 13.0 Å². The van der Waals surface area contributed by atoms with Crippen molar-refractivity contribution in [3.63, 3.8) is 0 Å². The molecule has 0 fully saturated rings. The molecular weight excluding hydrogens is 248 g/mol. The Morgan fingerprint density at radius 2 is 2.00 bits per heavy atom. The summed E-state index contributed by atoms with van der Waals surface area (Å²) in [6.45, 7) is 7.33. The first-order chi connectivity index (χ1) is 9.70. The number of hydrogen-bond acceptors (Lipinski definition) is 2. The van der Waals surface area contributed by atoms with Gasteiger partial charge in [0.15, 0.2) is 0 Å². The van der Waals surface area contributed by atoms with Crippen LogP contribution in [-0.4, -0.2) is 19.1 Å². The van der Waals surface area contributed by atoms with E-state index in [1.165, 1.54) is 11.2 Å². The zero-order chi connectivity index (χ0) is 14.1. The number of nitrogens with zero attached hydrogens (tertiary/aromatic N) is 4. The second-order valence-corrected chi connectivity index (χ2v) is 5.34. The molecule has 0 saturated heterocycles. The van der Waals surface area contributed by atoms with Crippen molar-refractivity contribution in [3.8, 4) is 0 Å². The highest BCUT2D eigenvalue weighted by atomic mass is 15.1. The SMILES string of the molecule is CCc1nc2ccccc2n1Cc1cncn1C(C)C. The molecule has 3 rings (SSSR count). The number of fused-ring (bicyclic) bond motifs is 1. The smallest absolute Gasteiger partial charge is 0.109 e. The number of imidazole rings is 2. The lowest BCUT2D eigenvalue weighted by atomic mass is 10.3. The van der Waals surface area contributed by atoms with Gasteiger partial charge in [0.05, 0.1) is 29.6 Å². The van der Waals surface area contributed by atoms with Gasteiger partial charge in [0.1, 0.15) is 5.82 Å². The second kappa shape index (κ2) is 5.12. The maximum atomic E-state index is 4.72. The van der Waals surface area contributed by atoms with Gasteiger partial charge in [0.25, 0.3) is 0 Å². The summed E-state index contributed by atoms with van der Waals surface area (Å²) in [6.07, 6.45) is 4.80. The van der Waals surface area contributed by atoms with E-state index in [1.54, 1.807) is 0 Å². The van der Waals surface area contributed by atoms with Gasteiger partial charge in [-0.2, -0.15) is 0 Å². The van der Waals surface area contributed by atoms with Crippen molar-refractivity contribution in [2.24, 2.45) is 0 Å². The first-order valence-corrected chi connectivity index (χ1v) is 7.15. The highest BCUT2D eigenvalue weighted by Gasteiger charge is 2.12. The predicted octanol–water partition coefficient (Wildman–Crippen LogP) is 3.42. The van der Waals surface area contributed by atoms with Crippen molar-refractivity contribution in [1.29, 1.82) is 0 Å². The Balaban J connectivity index is 2.07. The normalized spacial score (nSPS) is 11.6. The van der Waals surface area contributed by atoms with E-state index in [9.17, 15) is 0 Å². The average molecular weight is 268 g/mol. The third kappa shape index (κ3) is 2.11. The largest absolute Gasteiger partial charge is 0.330 e. The fourth-order valence-electron chi connectivity index (χ4n) is 2.65. The molecule has 0 unspecified atom stereocenters. The quantitative estimate of drug-likeness (QED) is 0.726. The molecule has 0 aliphatic carbocycles. The first-order valence-electron chi connectivity index (χ1n) is 7.15. The van der Waals surface area contributed by atoms with Crippen LogP contribution in [0.5, 0.6) is 0 Å². The molecule has 4 nitrogen and oxygen atoms in total. The molecular formula is C16H20N4. The summed E-state index contributed by atoms with van der Waals surface area (Å²) in [5.41, 5.74) is 3.48. The van der Waals surface area contributed by atoms with Crippen LogP contribution in [0.4, 0.5) is 0 Å². The Labute approximate surface area is 119 Å². The van der Waals surface area contributed by atoms with Gasteiger partial charge in [-0.25, -0.2) is 9.97 Å². The number of aromatic nitrogens is 4. The fraction of sp³-hybridized carbons (Fsp3) is 0.375. The molecule has 0 N–H and O–H groups in total. The lowest BCUT2D eigenvalue weighted by molar-refractivity contribution is 0.559. The topological polar surface area (TPSA) is 35.6 Å². The third-order valence-corrected chi connectivity index (χ3v) is 3.67. The summed E-state index contributed by atoms with van der Waals surface area (Å²) in [6, 6.07) is 8.74. The van der Waals surface area contributed by atoms with Gasteiger partial charge in [0.2, 0.25) is 0 Å². The molecule has 3 aromatic rings. The fourth-order valence-corrected chi connectivity index (χ4v) is 2.65. The Morgan fingerprint density at radius 1 is 1.20 bits per heavy atom. The van der Waals surface area contributed by atoms with E-state index in [2.05, 4.69) is 53.1 Å². The van der Waals surface area contributed by atoms with Crippen molar-refractivity contribution in [3.05, 3.63) is 48.3 Å². The number of hydrogen-bond donors (Lipinski definition) is 0. The lowest BCUT2D eigenvalue weighted by Crippen LogP contribution is -2.10. The van der Waals surface area contributed by atoms with E-state index < -0.39 is 0 Å². The molecule has 0 spiro atoms. The minimum Gasteiger partial charge on any atom is -0.330 e. The van der Waals surface area contributed by atoms with E-state index in [4.69, 9.17) is 4.98 Å². The van der Waals surface area contributed by atoms with Crippen LogP contribution in [0, 0.1) is 0 Å². The maximum absolute atomic E-state index is 4.72. The van der Waals surface area contributed by atoms with E-state index in [0.717, 1.165) is 24.3 Å². The Kier molecular flexibility index (Phi) is 3.30. The standard InChI is InChI=1S/C16H20N4/c1-4-16-18-14-7-5-6-8-15(14)19(16)10-13-9-17-11-20(13)12(2)3/h5-9,11-12H,4,10H2,1-3H3. The molecule has 0 atom stereocenters. The summed E-state index contributed by atoms with van der Waals surface area (Å²) in [7, 11) is 0. The van der Waals surface area contributed by atoms with Crippen LogP contribution in [0.25, 0.3) is 11.0 Å². The predicted molar refractivity (Wildman–Crippen MR) is 80.8 cm³/mol. The lowest BCUT2D eigenvalue weighted by Gasteiger charge is -2.14. The number of para-hydroxylation sites is 2. The van der Waals surface area contributed by atoms with Gasteiger partial charge in [-0.3, -0.25) is 0 Å². The molecule has 0 amide bonds. The van der Waals surface area contributed by atoms with Crippen LogP contribution in [0.15, 0.2) is 36.8 Å². The third-order valence-electron chi connectivity index (χ3n) is 3.67. The molecule has 104 valence electrons. The number of rotatable bonds is 4. The van der Waals surface area contributed by atoms with Crippen molar-refractivity contribution < 1.29 is 0 Å². The van der Waals surface area contributed by atoms with Gasteiger partial charge in [-0.15, -0.1) is 0 Å². The molecule has 4 heteroatoms. The van der Waals surface area contributed by atoms with Crippen molar-refractivity contribution in [2.45, 2.75) is 39.8 Å². The van der Waals surface area contributed by atoms with Crippen molar-refractivity contribution in [2.75, 3.05) is 0 Å². The summed E-state index contributed by atoms with van der Waals surface area (Å²) < 4.78 is 4.51. The zero-order valence-corrected chi connectivity index (χ0v) is 12.2. The van der Waals surface area contributed by atoms with Crippen LogP contribution in [0.3, 0.4) is 0 Å². The van der Waals surface area contributed by atoms with Gasteiger partial charge in [-0.05, 0) is 26.0 Å². The highest BCUT2D eigenvalue weighted by Crippen LogP contribution is 2.19. The van der Waals surface area contributed by atoms with Gasteiger partial charge < -0.3 is 9.13 Å². The van der Waals surface area contributed by atoms with Gasteiger partial charge in [-0.1, -0.05) is 19.1 Å². The summed E-state index contributed by atoms with van der Waals surface area (Å²) in [5.74, 6) is 1.13. The van der Waals surface area contributed by atoms with Crippen LogP contribution in [0.1, 0.15) is 38.3 Å². The molecule has 2 heterocycles. The number of benzene rings is 1. The average Bonchev–Trinajstić information content (AvgIpc) is 3.04.